The first-order chi connectivity index (χ1) is 13.1. The van der Waals surface area contributed by atoms with E-state index in [1.54, 1.807) is 17.0 Å². The van der Waals surface area contributed by atoms with Crippen molar-refractivity contribution in [2.45, 2.75) is 24.9 Å². The van der Waals surface area contributed by atoms with E-state index >= 15 is 0 Å². The van der Waals surface area contributed by atoms with Gasteiger partial charge in [-0.15, -0.1) is 0 Å². The minimum atomic E-state index is -1.63. The van der Waals surface area contributed by atoms with Crippen LogP contribution in [0.5, 0.6) is 0 Å². The van der Waals surface area contributed by atoms with Crippen LogP contribution < -0.4 is 10.2 Å². The van der Waals surface area contributed by atoms with Crippen LogP contribution in [0.25, 0.3) is 0 Å². The van der Waals surface area contributed by atoms with Gasteiger partial charge < -0.3 is 10.2 Å². The van der Waals surface area contributed by atoms with Crippen LogP contribution in [0.15, 0.2) is 54.6 Å². The molecule has 0 radical (unpaired) electrons. The highest BCUT2D eigenvalue weighted by Gasteiger charge is 2.64. The van der Waals surface area contributed by atoms with Gasteiger partial charge in [-0.3, -0.25) is 14.5 Å². The van der Waals surface area contributed by atoms with E-state index in [-0.39, 0.29) is 5.91 Å². The minimum absolute atomic E-state index is 0.351. The topological polar surface area (TPSA) is 69.7 Å². The normalized spacial score (nSPS) is 23.9. The molecule has 1 N–H and O–H groups in total. The van der Waals surface area contributed by atoms with E-state index in [0.29, 0.717) is 30.3 Å². The molecule has 1 unspecified atom stereocenters. The van der Waals surface area contributed by atoms with E-state index in [4.69, 9.17) is 0 Å². The van der Waals surface area contributed by atoms with Crippen LogP contribution in [0.4, 0.5) is 10.5 Å². The Morgan fingerprint density at radius 3 is 2.30 bits per heavy atom. The predicted molar refractivity (Wildman–Crippen MR) is 98.7 cm³/mol. The summed E-state index contributed by atoms with van der Waals surface area (Å²) in [7, 11) is 0. The van der Waals surface area contributed by atoms with Crippen molar-refractivity contribution in [1.29, 1.82) is 0 Å². The van der Waals surface area contributed by atoms with Crippen LogP contribution in [0, 0.1) is 5.92 Å². The van der Waals surface area contributed by atoms with Gasteiger partial charge in [-0.2, -0.15) is 0 Å². The molecule has 1 saturated heterocycles. The fourth-order valence-electron chi connectivity index (χ4n) is 4.00. The predicted octanol–water partition coefficient (Wildman–Crippen LogP) is 2.39. The Balaban J connectivity index is 1.56. The van der Waals surface area contributed by atoms with Gasteiger partial charge in [0.05, 0.1) is 12.2 Å². The van der Waals surface area contributed by atoms with Crippen molar-refractivity contribution in [2.75, 3.05) is 11.4 Å². The van der Waals surface area contributed by atoms with Gasteiger partial charge in [0.15, 0.2) is 0 Å². The lowest BCUT2D eigenvalue weighted by molar-refractivity contribution is -0.138. The standard InChI is InChI=1S/C21H19N3O3/c25-18-21(19(26)24(20(27)22-21)13-15-10-11-15)16-8-4-5-9-17(16)23(18)12-14-6-2-1-3-7-14/h1-9,15H,10-13H2,(H,22,27). The molecular formula is C21H19N3O3. The van der Waals surface area contributed by atoms with Crippen molar-refractivity contribution in [3.05, 3.63) is 65.7 Å². The summed E-state index contributed by atoms with van der Waals surface area (Å²) >= 11 is 0. The first-order valence-electron chi connectivity index (χ1n) is 9.21. The molecule has 1 spiro atoms. The molecule has 2 aromatic rings. The number of carbonyl (C=O) groups excluding carboxylic acids is 3. The van der Waals surface area contributed by atoms with Crippen LogP contribution in [-0.2, 0) is 21.7 Å². The van der Waals surface area contributed by atoms with Gasteiger partial charge in [0, 0.05) is 12.1 Å². The third-order valence-corrected chi connectivity index (χ3v) is 5.59. The number of carbonyl (C=O) groups is 3. The van der Waals surface area contributed by atoms with E-state index in [1.807, 2.05) is 42.5 Å². The number of nitrogens with zero attached hydrogens (tertiary/aromatic N) is 2. The van der Waals surface area contributed by atoms with Gasteiger partial charge in [-0.25, -0.2) is 4.79 Å². The summed E-state index contributed by atoms with van der Waals surface area (Å²) in [4.78, 5) is 42.1. The molecule has 3 aliphatic rings. The lowest BCUT2D eigenvalue weighted by Crippen LogP contribution is -2.52. The largest absolute Gasteiger partial charge is 0.325 e. The molecule has 0 bridgehead atoms. The van der Waals surface area contributed by atoms with E-state index in [0.717, 1.165) is 18.4 Å². The SMILES string of the molecule is O=C1NC2(C(=O)N1CC1CC1)C(=O)N(Cc1ccccc1)c1ccccc12. The number of hydrogen-bond donors (Lipinski definition) is 1. The first kappa shape index (κ1) is 16.1. The molecule has 136 valence electrons. The second kappa shape index (κ2) is 5.67. The highest BCUT2D eigenvalue weighted by atomic mass is 16.2. The maximum Gasteiger partial charge on any atom is 0.325 e. The number of imide groups is 1. The molecule has 6 heteroatoms. The zero-order chi connectivity index (χ0) is 18.6. The van der Waals surface area contributed by atoms with Gasteiger partial charge in [-0.05, 0) is 30.4 Å². The maximum atomic E-state index is 13.5. The van der Waals surface area contributed by atoms with Crippen molar-refractivity contribution < 1.29 is 14.4 Å². The summed E-state index contributed by atoms with van der Waals surface area (Å²) < 4.78 is 0. The number of anilines is 1. The second-order valence-corrected chi connectivity index (χ2v) is 7.43. The molecule has 2 aromatic carbocycles. The van der Waals surface area contributed by atoms with E-state index in [9.17, 15) is 14.4 Å². The highest BCUT2D eigenvalue weighted by Crippen LogP contribution is 2.45. The molecule has 6 nitrogen and oxygen atoms in total. The Morgan fingerprint density at radius 2 is 1.56 bits per heavy atom. The Hall–Kier alpha value is -3.15. The van der Waals surface area contributed by atoms with Crippen molar-refractivity contribution in [2.24, 2.45) is 5.92 Å². The monoisotopic (exact) mass is 361 g/mol. The zero-order valence-corrected chi connectivity index (χ0v) is 14.7. The number of nitrogens with one attached hydrogen (secondary N) is 1. The lowest BCUT2D eigenvalue weighted by atomic mass is 9.91. The smallest absolute Gasteiger partial charge is 0.311 e. The average molecular weight is 361 g/mol. The van der Waals surface area contributed by atoms with Gasteiger partial charge >= 0.3 is 6.03 Å². The van der Waals surface area contributed by atoms with Gasteiger partial charge in [0.2, 0.25) is 5.54 Å². The van der Waals surface area contributed by atoms with Crippen LogP contribution >= 0.6 is 0 Å². The molecule has 1 atom stereocenters. The quantitative estimate of drug-likeness (QED) is 0.671. The minimum Gasteiger partial charge on any atom is -0.311 e. The van der Waals surface area contributed by atoms with E-state index < -0.39 is 17.5 Å². The molecule has 2 aliphatic heterocycles. The van der Waals surface area contributed by atoms with Gasteiger partial charge in [-0.1, -0.05) is 48.5 Å². The van der Waals surface area contributed by atoms with Crippen molar-refractivity contribution in [1.82, 2.24) is 10.2 Å². The van der Waals surface area contributed by atoms with E-state index in [1.165, 1.54) is 4.90 Å². The number of rotatable bonds is 4. The number of para-hydroxylation sites is 1. The molecule has 2 heterocycles. The average Bonchev–Trinajstić information content (AvgIpc) is 3.44. The molecule has 1 aliphatic carbocycles. The summed E-state index contributed by atoms with van der Waals surface area (Å²) in [6, 6.07) is 16.4. The molecular weight excluding hydrogens is 342 g/mol. The third-order valence-electron chi connectivity index (χ3n) is 5.59. The van der Waals surface area contributed by atoms with Crippen molar-refractivity contribution >= 4 is 23.5 Å². The summed E-state index contributed by atoms with van der Waals surface area (Å²) in [6.45, 7) is 0.741. The highest BCUT2D eigenvalue weighted by molar-refractivity contribution is 6.27. The number of hydrogen-bond acceptors (Lipinski definition) is 3. The maximum absolute atomic E-state index is 13.5. The fraction of sp³-hybridized carbons (Fsp3) is 0.286. The molecule has 5 rings (SSSR count). The molecule has 1 saturated carbocycles. The Morgan fingerprint density at radius 1 is 0.889 bits per heavy atom. The third kappa shape index (κ3) is 2.29. The van der Waals surface area contributed by atoms with Crippen molar-refractivity contribution in [3.63, 3.8) is 0 Å². The van der Waals surface area contributed by atoms with E-state index in [2.05, 4.69) is 5.32 Å². The summed E-state index contributed by atoms with van der Waals surface area (Å²) in [5.74, 6) is -0.473. The lowest BCUT2D eigenvalue weighted by Gasteiger charge is -2.22. The Bertz CT molecular complexity index is 954. The zero-order valence-electron chi connectivity index (χ0n) is 14.7. The number of urea groups is 1. The Labute approximate surface area is 156 Å². The molecule has 2 fully saturated rings. The summed E-state index contributed by atoms with van der Waals surface area (Å²) in [6.07, 6.45) is 2.05. The Kier molecular flexibility index (Phi) is 3.37. The van der Waals surface area contributed by atoms with Crippen LogP contribution in [0.1, 0.15) is 24.0 Å². The first-order valence-corrected chi connectivity index (χ1v) is 9.21. The molecule has 27 heavy (non-hydrogen) atoms. The van der Waals surface area contributed by atoms with Crippen molar-refractivity contribution in [3.8, 4) is 0 Å². The van der Waals surface area contributed by atoms with Gasteiger partial charge in [0.1, 0.15) is 0 Å². The summed E-state index contributed by atoms with van der Waals surface area (Å²) in [5, 5.41) is 2.73. The van der Waals surface area contributed by atoms with Gasteiger partial charge in [0.25, 0.3) is 11.8 Å². The molecule has 0 aromatic heterocycles. The number of benzene rings is 2. The number of fused-ring (bicyclic) bond motifs is 2. The van der Waals surface area contributed by atoms with Crippen LogP contribution in [0.3, 0.4) is 0 Å². The van der Waals surface area contributed by atoms with Crippen LogP contribution in [0.2, 0.25) is 0 Å². The fourth-order valence-corrected chi connectivity index (χ4v) is 4.00. The second-order valence-electron chi connectivity index (χ2n) is 7.43. The van der Waals surface area contributed by atoms with Crippen LogP contribution in [-0.4, -0.2) is 29.3 Å². The summed E-state index contributed by atoms with van der Waals surface area (Å²) in [5.41, 5.74) is 0.567. The number of amides is 4. The molecule has 4 amide bonds.